The fourth-order valence-corrected chi connectivity index (χ4v) is 4.68. The van der Waals surface area contributed by atoms with E-state index in [1.807, 2.05) is 54.4 Å². The first-order valence-corrected chi connectivity index (χ1v) is 11.6. The number of amides is 1. The smallest absolute Gasteiger partial charge is 0.306 e. The quantitative estimate of drug-likeness (QED) is 0.276. The van der Waals surface area contributed by atoms with Gasteiger partial charge in [-0.15, -0.1) is 12.4 Å². The van der Waals surface area contributed by atoms with Crippen molar-refractivity contribution in [3.63, 3.8) is 0 Å². The highest BCUT2D eigenvalue weighted by Crippen LogP contribution is 2.31. The van der Waals surface area contributed by atoms with Crippen molar-refractivity contribution in [1.82, 2.24) is 9.55 Å². The van der Waals surface area contributed by atoms with Crippen LogP contribution in [0.5, 0.6) is 0 Å². The molecule has 1 aliphatic carbocycles. The predicted molar refractivity (Wildman–Crippen MR) is 139 cm³/mol. The van der Waals surface area contributed by atoms with Crippen molar-refractivity contribution in [3.8, 4) is 0 Å². The van der Waals surface area contributed by atoms with E-state index in [4.69, 9.17) is 20.9 Å². The Morgan fingerprint density at radius 2 is 1.83 bits per heavy atom. The molecule has 0 bridgehead atoms. The number of carbonyl (C=O) groups excluding carboxylic acids is 2. The van der Waals surface area contributed by atoms with Gasteiger partial charge in [0, 0.05) is 37.2 Å². The maximum Gasteiger partial charge on any atom is 0.306 e. The van der Waals surface area contributed by atoms with Gasteiger partial charge in [-0.25, -0.2) is 4.98 Å². The van der Waals surface area contributed by atoms with Crippen molar-refractivity contribution in [2.45, 2.75) is 51.0 Å². The second-order valence-electron chi connectivity index (χ2n) is 8.83. The zero-order chi connectivity index (χ0) is 24.2. The van der Waals surface area contributed by atoms with E-state index in [9.17, 15) is 9.59 Å². The number of nitrogens with zero attached hydrogens (tertiary/aromatic N) is 3. The number of aromatic nitrogens is 2. The van der Waals surface area contributed by atoms with Crippen LogP contribution in [0.25, 0.3) is 11.0 Å². The minimum absolute atomic E-state index is 0. The topological polar surface area (TPSA) is 114 Å². The number of fused-ring (bicyclic) bond motifs is 1. The second-order valence-corrected chi connectivity index (χ2v) is 8.83. The maximum atomic E-state index is 13.1. The molecule has 0 spiro atoms. The Bertz CT molecular complexity index is 1220. The summed E-state index contributed by atoms with van der Waals surface area (Å²) in [5, 5.41) is 7.55. The molecule has 2 aromatic carbocycles. The Hall–Kier alpha value is -3.39. The molecule has 8 nitrogen and oxygen atoms in total. The van der Waals surface area contributed by atoms with Crippen LogP contribution < -0.4 is 10.6 Å². The first-order chi connectivity index (χ1) is 16.4. The zero-order valence-electron chi connectivity index (χ0n) is 20.1. The van der Waals surface area contributed by atoms with Crippen LogP contribution in [0.1, 0.15) is 55.5 Å². The van der Waals surface area contributed by atoms with E-state index in [0.29, 0.717) is 12.0 Å². The van der Waals surface area contributed by atoms with Gasteiger partial charge in [0.15, 0.2) is 0 Å². The number of hydrogen-bond acceptors (Lipinski definition) is 5. The van der Waals surface area contributed by atoms with Gasteiger partial charge in [0.25, 0.3) is 0 Å². The highest BCUT2D eigenvalue weighted by molar-refractivity contribution is 5.97. The number of nitrogen functional groups attached to an aromatic ring is 1. The number of hydrogen-bond donors (Lipinski definition) is 2. The van der Waals surface area contributed by atoms with Crippen LogP contribution in [0, 0.1) is 5.41 Å². The molecule has 0 saturated heterocycles. The Balaban J connectivity index is 0.00000342. The third-order valence-electron chi connectivity index (χ3n) is 6.59. The number of nitrogens with two attached hydrogens (primary N) is 1. The minimum Gasteiger partial charge on any atom is -0.469 e. The highest BCUT2D eigenvalue weighted by atomic mass is 35.5. The van der Waals surface area contributed by atoms with Crippen molar-refractivity contribution in [2.24, 2.45) is 12.8 Å². The number of nitrogens with one attached hydrogen (secondary N) is 1. The van der Waals surface area contributed by atoms with Crippen molar-refractivity contribution >= 4 is 46.8 Å². The lowest BCUT2D eigenvalue weighted by atomic mass is 10.1. The summed E-state index contributed by atoms with van der Waals surface area (Å²) in [4.78, 5) is 31.5. The third kappa shape index (κ3) is 5.82. The monoisotopic (exact) mass is 497 g/mol. The van der Waals surface area contributed by atoms with E-state index < -0.39 is 0 Å². The van der Waals surface area contributed by atoms with Crippen LogP contribution in [0.3, 0.4) is 0 Å². The maximum absolute atomic E-state index is 13.1. The number of amidine groups is 1. The summed E-state index contributed by atoms with van der Waals surface area (Å²) < 4.78 is 6.78. The number of methoxy groups -OCH3 is 1. The van der Waals surface area contributed by atoms with Crippen LogP contribution in [-0.2, 0) is 27.8 Å². The standard InChI is InChI=1S/C26H31N5O3.ClH/c1-30-22-12-11-20(31(19-5-3-4-6-19)24(32)13-14-25(33)34-2)16-21(22)29-23(30)15-17-7-9-18(10-8-17)26(27)28;/h7-12,16,19H,3-6,13-15H2,1-2H3,(H3,27,28);1H. The molecule has 3 N–H and O–H groups in total. The molecule has 9 heteroatoms. The number of ether oxygens (including phenoxy) is 1. The Morgan fingerprint density at radius 1 is 1.14 bits per heavy atom. The van der Waals surface area contributed by atoms with Crippen LogP contribution in [-0.4, -0.2) is 40.4 Å². The molecular weight excluding hydrogens is 466 g/mol. The summed E-state index contributed by atoms with van der Waals surface area (Å²) in [5.41, 5.74) is 9.98. The van der Waals surface area contributed by atoms with E-state index in [0.717, 1.165) is 53.8 Å². The fourth-order valence-electron chi connectivity index (χ4n) is 4.68. The lowest BCUT2D eigenvalue weighted by Gasteiger charge is -2.29. The largest absolute Gasteiger partial charge is 0.469 e. The van der Waals surface area contributed by atoms with Gasteiger partial charge in [0.05, 0.1) is 24.6 Å². The van der Waals surface area contributed by atoms with Crippen LogP contribution in [0.2, 0.25) is 0 Å². The number of halogens is 1. The van der Waals surface area contributed by atoms with Crippen molar-refractivity contribution in [2.75, 3.05) is 12.0 Å². The van der Waals surface area contributed by atoms with Crippen LogP contribution in [0.15, 0.2) is 42.5 Å². The van der Waals surface area contributed by atoms with Gasteiger partial charge in [-0.1, -0.05) is 37.1 Å². The average Bonchev–Trinajstić information content (AvgIpc) is 3.46. The number of carbonyl (C=O) groups is 2. The fraction of sp³-hybridized carbons (Fsp3) is 0.385. The van der Waals surface area contributed by atoms with E-state index in [2.05, 4.69) is 4.57 Å². The number of aryl methyl sites for hydroxylation is 1. The molecule has 0 aliphatic heterocycles. The van der Waals surface area contributed by atoms with Gasteiger partial charge >= 0.3 is 5.97 Å². The molecule has 0 radical (unpaired) electrons. The second kappa shape index (κ2) is 11.4. The number of imidazole rings is 1. The molecule has 35 heavy (non-hydrogen) atoms. The highest BCUT2D eigenvalue weighted by Gasteiger charge is 2.28. The van der Waals surface area contributed by atoms with Crippen LogP contribution >= 0.6 is 12.4 Å². The molecule has 1 heterocycles. The number of esters is 1. The van der Waals surface area contributed by atoms with Gasteiger partial charge in [-0.05, 0) is 36.6 Å². The van der Waals surface area contributed by atoms with Crippen LogP contribution in [0.4, 0.5) is 5.69 Å². The Kier molecular flexibility index (Phi) is 8.51. The SMILES string of the molecule is COC(=O)CCC(=O)N(c1ccc2c(c1)nc(Cc1ccc(C(=N)N)cc1)n2C)C1CCCC1.Cl. The summed E-state index contributed by atoms with van der Waals surface area (Å²) in [6, 6.07) is 13.7. The minimum atomic E-state index is -0.374. The summed E-state index contributed by atoms with van der Waals surface area (Å²) >= 11 is 0. The normalized spacial score (nSPS) is 13.4. The lowest BCUT2D eigenvalue weighted by Crippen LogP contribution is -2.39. The molecule has 1 fully saturated rings. The number of anilines is 1. The zero-order valence-corrected chi connectivity index (χ0v) is 20.9. The first-order valence-electron chi connectivity index (χ1n) is 11.6. The molecule has 0 unspecified atom stereocenters. The number of benzene rings is 2. The molecular formula is C26H32ClN5O3. The van der Waals surface area contributed by atoms with E-state index in [1.165, 1.54) is 7.11 Å². The summed E-state index contributed by atoms with van der Waals surface area (Å²) in [6.45, 7) is 0. The molecule has 0 atom stereocenters. The van der Waals surface area contributed by atoms with E-state index in [-0.39, 0.29) is 49.0 Å². The molecule has 4 rings (SSSR count). The first kappa shape index (κ1) is 26.2. The summed E-state index contributed by atoms with van der Waals surface area (Å²) in [6.07, 6.45) is 4.98. The van der Waals surface area contributed by atoms with Crippen molar-refractivity contribution in [3.05, 3.63) is 59.4 Å². The van der Waals surface area contributed by atoms with Gasteiger partial charge < -0.3 is 19.9 Å². The Morgan fingerprint density at radius 3 is 2.46 bits per heavy atom. The third-order valence-corrected chi connectivity index (χ3v) is 6.59. The predicted octanol–water partition coefficient (Wildman–Crippen LogP) is 4.10. The number of rotatable bonds is 8. The Labute approximate surface area is 211 Å². The van der Waals surface area contributed by atoms with Gasteiger partial charge in [0.1, 0.15) is 11.7 Å². The molecule has 1 amide bonds. The van der Waals surface area contributed by atoms with Gasteiger partial charge in [0.2, 0.25) is 5.91 Å². The molecule has 186 valence electrons. The molecule has 1 aromatic heterocycles. The van der Waals surface area contributed by atoms with Gasteiger partial charge in [-0.2, -0.15) is 0 Å². The van der Waals surface area contributed by atoms with Crippen molar-refractivity contribution < 1.29 is 14.3 Å². The molecule has 1 saturated carbocycles. The molecule has 1 aliphatic rings. The van der Waals surface area contributed by atoms with E-state index >= 15 is 0 Å². The lowest BCUT2D eigenvalue weighted by molar-refractivity contribution is -0.141. The summed E-state index contributed by atoms with van der Waals surface area (Å²) in [5.74, 6) is 0.529. The molecule has 3 aromatic rings. The summed E-state index contributed by atoms with van der Waals surface area (Å²) in [7, 11) is 3.33. The van der Waals surface area contributed by atoms with Crippen molar-refractivity contribution in [1.29, 1.82) is 5.41 Å². The van der Waals surface area contributed by atoms with E-state index in [1.54, 1.807) is 0 Å². The van der Waals surface area contributed by atoms with Gasteiger partial charge in [-0.3, -0.25) is 15.0 Å². The average molecular weight is 498 g/mol.